The third-order valence-electron chi connectivity index (χ3n) is 4.56. The van der Waals surface area contributed by atoms with Crippen molar-refractivity contribution in [1.82, 2.24) is 4.98 Å². The van der Waals surface area contributed by atoms with Gasteiger partial charge in [-0.15, -0.1) is 0 Å². The number of carbonyl (C=O) groups excluding carboxylic acids is 2. The predicted molar refractivity (Wildman–Crippen MR) is 113 cm³/mol. The quantitative estimate of drug-likeness (QED) is 0.575. The molecule has 0 radical (unpaired) electrons. The van der Waals surface area contributed by atoms with Crippen molar-refractivity contribution in [3.63, 3.8) is 0 Å². The van der Waals surface area contributed by atoms with E-state index in [2.05, 4.69) is 10.3 Å². The highest BCUT2D eigenvalue weighted by atomic mass is 32.1. The first-order valence-corrected chi connectivity index (χ1v) is 9.88. The van der Waals surface area contributed by atoms with Crippen LogP contribution >= 0.6 is 11.3 Å². The summed E-state index contributed by atoms with van der Waals surface area (Å²) in [5, 5.41) is 2.83. The van der Waals surface area contributed by atoms with Crippen LogP contribution in [-0.2, 0) is 4.74 Å². The van der Waals surface area contributed by atoms with Gasteiger partial charge in [-0.05, 0) is 23.8 Å². The van der Waals surface area contributed by atoms with Gasteiger partial charge in [-0.3, -0.25) is 15.0 Å². The van der Waals surface area contributed by atoms with Crippen LogP contribution in [0, 0.1) is 5.82 Å². The molecule has 4 rings (SSSR count). The molecule has 0 bridgehead atoms. The lowest BCUT2D eigenvalue weighted by Crippen LogP contribution is -2.27. The first-order valence-electron chi connectivity index (χ1n) is 9.07. The molecule has 1 atom stereocenters. The molecule has 5 N–H and O–H groups in total. The number of hydrogen-bond acceptors (Lipinski definition) is 7. The highest BCUT2D eigenvalue weighted by Crippen LogP contribution is 2.35. The number of cyclic esters (lactones) is 1. The van der Waals surface area contributed by atoms with Gasteiger partial charge in [0.1, 0.15) is 17.7 Å². The highest BCUT2D eigenvalue weighted by molar-refractivity contribution is 7.19. The van der Waals surface area contributed by atoms with Crippen LogP contribution in [0.15, 0.2) is 48.5 Å². The van der Waals surface area contributed by atoms with Crippen LogP contribution in [0.25, 0.3) is 10.4 Å². The number of rotatable bonds is 5. The number of thiazole rings is 1. The maximum absolute atomic E-state index is 14.6. The van der Waals surface area contributed by atoms with Gasteiger partial charge in [0.15, 0.2) is 5.13 Å². The number of nitrogens with one attached hydrogen (secondary N) is 1. The maximum atomic E-state index is 14.6. The molecule has 10 heteroatoms. The maximum Gasteiger partial charge on any atom is 0.414 e. The zero-order chi connectivity index (χ0) is 21.3. The number of anilines is 3. The van der Waals surface area contributed by atoms with Crippen molar-refractivity contribution in [2.24, 2.45) is 5.73 Å². The summed E-state index contributed by atoms with van der Waals surface area (Å²) in [6.45, 7) is 0.397. The van der Waals surface area contributed by atoms with E-state index in [0.29, 0.717) is 4.88 Å². The molecule has 2 aromatic carbocycles. The summed E-state index contributed by atoms with van der Waals surface area (Å²) in [6.07, 6.45) is -1.05. The molecule has 1 fully saturated rings. The number of carbonyl (C=O) groups is 2. The Balaban J connectivity index is 1.51. The minimum atomic E-state index is -0.776. The van der Waals surface area contributed by atoms with Crippen molar-refractivity contribution in [3.05, 3.63) is 59.9 Å². The van der Waals surface area contributed by atoms with Crippen LogP contribution in [-0.4, -0.2) is 36.2 Å². The van der Waals surface area contributed by atoms with E-state index in [4.69, 9.17) is 16.2 Å². The van der Waals surface area contributed by atoms with Gasteiger partial charge in [0.25, 0.3) is 5.91 Å². The zero-order valence-electron chi connectivity index (χ0n) is 15.7. The number of aromatic nitrogens is 1. The Hall–Kier alpha value is -3.50. The Bertz CT molecular complexity index is 1110. The minimum absolute atomic E-state index is 0.174. The number of hydrogen-bond donors (Lipinski definition) is 3. The fourth-order valence-corrected chi connectivity index (χ4v) is 3.94. The monoisotopic (exact) mass is 427 g/mol. The molecule has 8 nitrogen and oxygen atoms in total. The largest absolute Gasteiger partial charge is 0.443 e. The zero-order valence-corrected chi connectivity index (χ0v) is 16.5. The molecule has 1 aromatic heterocycles. The van der Waals surface area contributed by atoms with E-state index >= 15 is 0 Å². The molecule has 3 aromatic rings. The number of nitrogens with zero attached hydrogens (tertiary/aromatic N) is 2. The fraction of sp³-hybridized carbons (Fsp3) is 0.150. The number of nitrogen functional groups attached to an aromatic ring is 1. The molecular weight excluding hydrogens is 409 g/mol. The summed E-state index contributed by atoms with van der Waals surface area (Å²) in [6, 6.07) is 13.3. The third kappa shape index (κ3) is 3.82. The Kier molecular flexibility index (Phi) is 5.34. The van der Waals surface area contributed by atoms with Crippen molar-refractivity contribution < 1.29 is 18.7 Å². The average molecular weight is 427 g/mol. The number of benzene rings is 2. The third-order valence-corrected chi connectivity index (χ3v) is 5.59. The molecule has 0 unspecified atom stereocenters. The number of halogens is 1. The van der Waals surface area contributed by atoms with Crippen LogP contribution in [0.4, 0.5) is 25.8 Å². The summed E-state index contributed by atoms with van der Waals surface area (Å²) in [5.74, 6) is -1.17. The second-order valence-corrected chi connectivity index (χ2v) is 7.57. The van der Waals surface area contributed by atoms with Crippen LogP contribution in [0.1, 0.15) is 10.4 Å². The predicted octanol–water partition coefficient (Wildman–Crippen LogP) is 3.07. The molecule has 0 spiro atoms. The molecule has 2 amide bonds. The summed E-state index contributed by atoms with van der Waals surface area (Å²) < 4.78 is 19.7. The molecule has 1 saturated heterocycles. The van der Waals surface area contributed by atoms with Gasteiger partial charge >= 0.3 is 6.09 Å². The van der Waals surface area contributed by atoms with E-state index in [1.165, 1.54) is 28.4 Å². The molecule has 0 saturated carbocycles. The molecule has 2 heterocycles. The van der Waals surface area contributed by atoms with Crippen molar-refractivity contribution in [1.29, 1.82) is 0 Å². The van der Waals surface area contributed by atoms with Crippen molar-refractivity contribution >= 4 is 40.0 Å². The topological polar surface area (TPSA) is 124 Å². The van der Waals surface area contributed by atoms with Gasteiger partial charge in [-0.2, -0.15) is 0 Å². The van der Waals surface area contributed by atoms with Crippen molar-refractivity contribution in [2.45, 2.75) is 6.10 Å². The Morgan fingerprint density at radius 2 is 2.07 bits per heavy atom. The van der Waals surface area contributed by atoms with Crippen LogP contribution in [0.2, 0.25) is 0 Å². The van der Waals surface area contributed by atoms with Gasteiger partial charge < -0.3 is 16.2 Å². The Morgan fingerprint density at radius 1 is 1.30 bits per heavy atom. The molecule has 30 heavy (non-hydrogen) atoms. The Labute approximate surface area is 175 Å². The SMILES string of the molecule is NC[C@H]1CN(c2ccc(C(=O)Nc3nc(N)c(-c4ccccc4)s3)c(F)c2)C(=O)O1. The lowest BCUT2D eigenvalue weighted by atomic mass is 10.1. The van der Waals surface area contributed by atoms with Gasteiger partial charge in [0.05, 0.1) is 22.7 Å². The summed E-state index contributed by atoms with van der Waals surface area (Å²) in [5.41, 5.74) is 12.4. The van der Waals surface area contributed by atoms with E-state index in [0.717, 1.165) is 11.6 Å². The lowest BCUT2D eigenvalue weighted by Gasteiger charge is -2.14. The van der Waals surface area contributed by atoms with Crippen LogP contribution in [0.5, 0.6) is 0 Å². The van der Waals surface area contributed by atoms with E-state index in [-0.39, 0.29) is 35.3 Å². The van der Waals surface area contributed by atoms with Gasteiger partial charge in [0.2, 0.25) is 0 Å². The highest BCUT2D eigenvalue weighted by Gasteiger charge is 2.32. The smallest absolute Gasteiger partial charge is 0.414 e. The first-order chi connectivity index (χ1) is 14.5. The summed E-state index contributed by atoms with van der Waals surface area (Å²) in [7, 11) is 0. The van der Waals surface area contributed by atoms with E-state index < -0.39 is 23.9 Å². The molecule has 154 valence electrons. The summed E-state index contributed by atoms with van der Waals surface area (Å²) in [4.78, 5) is 30.6. The number of nitrogens with two attached hydrogens (primary N) is 2. The van der Waals surface area contributed by atoms with Gasteiger partial charge in [-0.1, -0.05) is 41.7 Å². The standard InChI is InChI=1S/C20H18FN5O3S/c21-15-8-12(26-10-13(9-22)29-20(26)28)6-7-14(15)18(27)25-19-24-17(23)16(30-19)11-4-2-1-3-5-11/h1-8,13H,9-10,22-23H2,(H,24,25,27)/t13-/m0/s1. The molecule has 0 aliphatic carbocycles. The van der Waals surface area contributed by atoms with Crippen LogP contribution in [0.3, 0.4) is 0 Å². The second-order valence-electron chi connectivity index (χ2n) is 6.57. The minimum Gasteiger partial charge on any atom is -0.443 e. The van der Waals surface area contributed by atoms with E-state index in [9.17, 15) is 14.0 Å². The van der Waals surface area contributed by atoms with E-state index in [1.807, 2.05) is 30.3 Å². The first kappa shape index (κ1) is 19.8. The number of ether oxygens (including phenoxy) is 1. The van der Waals surface area contributed by atoms with Gasteiger partial charge in [0, 0.05) is 6.54 Å². The van der Waals surface area contributed by atoms with Crippen molar-refractivity contribution in [3.8, 4) is 10.4 Å². The fourth-order valence-electron chi connectivity index (χ4n) is 3.06. The molecule has 1 aliphatic heterocycles. The van der Waals surface area contributed by atoms with Crippen molar-refractivity contribution in [2.75, 3.05) is 29.0 Å². The molecular formula is C20H18FN5O3S. The normalized spacial score (nSPS) is 15.9. The summed E-state index contributed by atoms with van der Waals surface area (Å²) >= 11 is 1.20. The number of amides is 2. The molecule has 1 aliphatic rings. The lowest BCUT2D eigenvalue weighted by molar-refractivity contribution is 0.102. The Morgan fingerprint density at radius 3 is 2.73 bits per heavy atom. The van der Waals surface area contributed by atoms with Crippen LogP contribution < -0.4 is 21.7 Å². The average Bonchev–Trinajstić information content (AvgIpc) is 3.30. The van der Waals surface area contributed by atoms with Gasteiger partial charge in [-0.25, -0.2) is 14.2 Å². The van der Waals surface area contributed by atoms with E-state index in [1.54, 1.807) is 0 Å². The second kappa shape index (κ2) is 8.09.